The number of fused-ring (bicyclic) bond motifs is 1. The lowest BCUT2D eigenvalue weighted by Gasteiger charge is -2.21. The summed E-state index contributed by atoms with van der Waals surface area (Å²) in [6.07, 6.45) is 4.92. The standard InChI is InChI=1S/C15H19N3O2/c1-18-11-12(9-17-18)5-6-16-10-13-3-2-4-14-15(13)20-8-7-19-14/h2-4,9,11,16H,5-8,10H2,1H3. The number of ether oxygens (including phenoxy) is 2. The quantitative estimate of drug-likeness (QED) is 0.839. The van der Waals surface area contributed by atoms with Gasteiger partial charge in [0.2, 0.25) is 0 Å². The van der Waals surface area contributed by atoms with Crippen molar-refractivity contribution < 1.29 is 9.47 Å². The smallest absolute Gasteiger partial charge is 0.165 e. The molecule has 0 unspecified atom stereocenters. The van der Waals surface area contributed by atoms with Crippen molar-refractivity contribution in [3.8, 4) is 11.5 Å². The van der Waals surface area contributed by atoms with Crippen LogP contribution in [0.5, 0.6) is 11.5 Å². The van der Waals surface area contributed by atoms with Gasteiger partial charge >= 0.3 is 0 Å². The summed E-state index contributed by atoms with van der Waals surface area (Å²) in [5.41, 5.74) is 2.39. The predicted octanol–water partition coefficient (Wildman–Crippen LogP) is 1.52. The van der Waals surface area contributed by atoms with Gasteiger partial charge in [0.05, 0.1) is 6.20 Å². The summed E-state index contributed by atoms with van der Waals surface area (Å²) in [6, 6.07) is 6.03. The maximum Gasteiger partial charge on any atom is 0.165 e. The van der Waals surface area contributed by atoms with Crippen LogP contribution in [0.15, 0.2) is 30.6 Å². The molecular weight excluding hydrogens is 254 g/mol. The zero-order valence-corrected chi connectivity index (χ0v) is 11.6. The monoisotopic (exact) mass is 273 g/mol. The number of para-hydroxylation sites is 1. The molecule has 0 aliphatic carbocycles. The third kappa shape index (κ3) is 2.93. The van der Waals surface area contributed by atoms with Gasteiger partial charge in [0, 0.05) is 25.4 Å². The normalized spacial score (nSPS) is 13.4. The molecule has 1 aromatic carbocycles. The van der Waals surface area contributed by atoms with Gasteiger partial charge in [-0.25, -0.2) is 0 Å². The number of nitrogens with zero attached hydrogens (tertiary/aromatic N) is 2. The minimum absolute atomic E-state index is 0.625. The van der Waals surface area contributed by atoms with E-state index < -0.39 is 0 Å². The summed E-state index contributed by atoms with van der Waals surface area (Å²) in [5.74, 6) is 1.73. The molecule has 0 fully saturated rings. The molecule has 106 valence electrons. The van der Waals surface area contributed by atoms with E-state index in [0.29, 0.717) is 13.2 Å². The van der Waals surface area contributed by atoms with E-state index in [4.69, 9.17) is 9.47 Å². The van der Waals surface area contributed by atoms with Crippen molar-refractivity contribution in [3.63, 3.8) is 0 Å². The van der Waals surface area contributed by atoms with E-state index >= 15 is 0 Å². The van der Waals surface area contributed by atoms with Crippen LogP contribution in [0.2, 0.25) is 0 Å². The van der Waals surface area contributed by atoms with Crippen LogP contribution in [-0.2, 0) is 20.0 Å². The van der Waals surface area contributed by atoms with Crippen LogP contribution in [-0.4, -0.2) is 29.5 Å². The highest BCUT2D eigenvalue weighted by molar-refractivity contribution is 5.47. The second-order valence-corrected chi connectivity index (χ2v) is 4.89. The number of benzene rings is 1. The first kappa shape index (κ1) is 13.0. The summed E-state index contributed by atoms with van der Waals surface area (Å²) in [4.78, 5) is 0. The summed E-state index contributed by atoms with van der Waals surface area (Å²) in [6.45, 7) is 2.95. The fourth-order valence-electron chi connectivity index (χ4n) is 2.33. The van der Waals surface area contributed by atoms with Crippen LogP contribution >= 0.6 is 0 Å². The first-order valence-electron chi connectivity index (χ1n) is 6.88. The molecule has 20 heavy (non-hydrogen) atoms. The average Bonchev–Trinajstić information content (AvgIpc) is 2.89. The maximum atomic E-state index is 5.69. The van der Waals surface area contributed by atoms with Gasteiger partial charge in [0.15, 0.2) is 11.5 Å². The third-order valence-electron chi connectivity index (χ3n) is 3.31. The molecule has 0 amide bonds. The predicted molar refractivity (Wildman–Crippen MR) is 76.1 cm³/mol. The Bertz CT molecular complexity index is 580. The van der Waals surface area contributed by atoms with Crippen LogP contribution in [0.1, 0.15) is 11.1 Å². The van der Waals surface area contributed by atoms with Crippen LogP contribution in [0.25, 0.3) is 0 Å². The van der Waals surface area contributed by atoms with Gasteiger partial charge in [0.25, 0.3) is 0 Å². The second kappa shape index (κ2) is 5.96. The molecule has 1 N–H and O–H groups in total. The first-order chi connectivity index (χ1) is 9.83. The Morgan fingerprint density at radius 1 is 1.30 bits per heavy atom. The van der Waals surface area contributed by atoms with E-state index in [0.717, 1.165) is 36.6 Å². The fourth-order valence-corrected chi connectivity index (χ4v) is 2.33. The molecule has 3 rings (SSSR count). The van der Waals surface area contributed by atoms with Crippen LogP contribution < -0.4 is 14.8 Å². The van der Waals surface area contributed by atoms with Gasteiger partial charge in [-0.05, 0) is 24.6 Å². The lowest BCUT2D eigenvalue weighted by atomic mass is 10.1. The molecule has 2 aromatic rings. The Hall–Kier alpha value is -2.01. The molecule has 0 saturated carbocycles. The second-order valence-electron chi connectivity index (χ2n) is 4.89. The highest BCUT2D eigenvalue weighted by Gasteiger charge is 2.14. The average molecular weight is 273 g/mol. The van der Waals surface area contributed by atoms with Crippen LogP contribution in [0, 0.1) is 0 Å². The number of aromatic nitrogens is 2. The Morgan fingerprint density at radius 2 is 2.20 bits per heavy atom. The van der Waals surface area contributed by atoms with E-state index in [1.807, 2.05) is 36.3 Å². The summed E-state index contributed by atoms with van der Waals surface area (Å²) in [7, 11) is 1.94. The van der Waals surface area contributed by atoms with Crippen LogP contribution in [0.4, 0.5) is 0 Å². The van der Waals surface area contributed by atoms with Gasteiger partial charge in [-0.15, -0.1) is 0 Å². The van der Waals surface area contributed by atoms with E-state index in [1.54, 1.807) is 0 Å². The Balaban J connectivity index is 1.53. The number of hydrogen-bond donors (Lipinski definition) is 1. The summed E-state index contributed by atoms with van der Waals surface area (Å²) in [5, 5.41) is 7.60. The van der Waals surface area contributed by atoms with Gasteiger partial charge in [-0.2, -0.15) is 5.10 Å². The van der Waals surface area contributed by atoms with Gasteiger partial charge < -0.3 is 14.8 Å². The highest BCUT2D eigenvalue weighted by atomic mass is 16.6. The van der Waals surface area contributed by atoms with Crippen LogP contribution in [0.3, 0.4) is 0 Å². The van der Waals surface area contributed by atoms with Crippen molar-refractivity contribution in [2.45, 2.75) is 13.0 Å². The zero-order valence-electron chi connectivity index (χ0n) is 11.6. The van der Waals surface area contributed by atoms with Gasteiger partial charge in [-0.3, -0.25) is 4.68 Å². The molecular formula is C15H19N3O2. The van der Waals surface area contributed by atoms with Crippen molar-refractivity contribution in [2.75, 3.05) is 19.8 Å². The molecule has 2 heterocycles. The SMILES string of the molecule is Cn1cc(CCNCc2cccc3c2OCCO3)cn1. The third-order valence-corrected chi connectivity index (χ3v) is 3.31. The van der Waals surface area contributed by atoms with E-state index in [9.17, 15) is 0 Å². The Labute approximate surface area is 118 Å². The lowest BCUT2D eigenvalue weighted by molar-refractivity contribution is 0.169. The van der Waals surface area contributed by atoms with E-state index in [1.165, 1.54) is 5.56 Å². The molecule has 0 radical (unpaired) electrons. The number of rotatable bonds is 5. The molecule has 0 bridgehead atoms. The fraction of sp³-hybridized carbons (Fsp3) is 0.400. The minimum atomic E-state index is 0.625. The van der Waals surface area contributed by atoms with Gasteiger partial charge in [0.1, 0.15) is 13.2 Å². The Morgan fingerprint density at radius 3 is 3.05 bits per heavy atom. The van der Waals surface area contributed by atoms with Crippen molar-refractivity contribution in [2.24, 2.45) is 7.05 Å². The molecule has 5 nitrogen and oxygen atoms in total. The van der Waals surface area contributed by atoms with Crippen molar-refractivity contribution in [1.82, 2.24) is 15.1 Å². The molecule has 0 spiro atoms. The van der Waals surface area contributed by atoms with E-state index in [-0.39, 0.29) is 0 Å². The molecule has 5 heteroatoms. The topological polar surface area (TPSA) is 48.3 Å². The van der Waals surface area contributed by atoms with Crippen molar-refractivity contribution in [1.29, 1.82) is 0 Å². The molecule has 0 saturated heterocycles. The number of aryl methyl sites for hydroxylation is 1. The molecule has 1 aromatic heterocycles. The Kier molecular flexibility index (Phi) is 3.87. The molecule has 1 aliphatic rings. The summed E-state index contributed by atoms with van der Waals surface area (Å²) >= 11 is 0. The zero-order chi connectivity index (χ0) is 13.8. The first-order valence-corrected chi connectivity index (χ1v) is 6.88. The maximum absolute atomic E-state index is 5.69. The van der Waals surface area contributed by atoms with E-state index in [2.05, 4.69) is 16.5 Å². The van der Waals surface area contributed by atoms with Gasteiger partial charge in [-0.1, -0.05) is 12.1 Å². The molecule has 0 atom stereocenters. The largest absolute Gasteiger partial charge is 0.486 e. The number of nitrogens with one attached hydrogen (secondary N) is 1. The minimum Gasteiger partial charge on any atom is -0.486 e. The summed E-state index contributed by atoms with van der Waals surface area (Å²) < 4.78 is 13.1. The number of hydrogen-bond acceptors (Lipinski definition) is 4. The highest BCUT2D eigenvalue weighted by Crippen LogP contribution is 2.33. The molecule has 1 aliphatic heterocycles. The lowest BCUT2D eigenvalue weighted by Crippen LogP contribution is -2.20. The van der Waals surface area contributed by atoms with Crippen molar-refractivity contribution in [3.05, 3.63) is 41.7 Å². The van der Waals surface area contributed by atoms with Crippen molar-refractivity contribution >= 4 is 0 Å².